The number of carboxylic acids is 1. The van der Waals surface area contributed by atoms with E-state index in [0.717, 1.165) is 31.2 Å². The number of aliphatic carboxylic acids is 1. The van der Waals surface area contributed by atoms with Gasteiger partial charge in [-0.05, 0) is 24.8 Å². The lowest BCUT2D eigenvalue weighted by molar-refractivity contribution is -0.145. The summed E-state index contributed by atoms with van der Waals surface area (Å²) in [6.07, 6.45) is 4.59. The molecule has 1 aromatic rings. The number of carboxylic acid groups (broad SMARTS) is 1. The first-order valence-electron chi connectivity index (χ1n) is 8.32. The molecule has 2 N–H and O–H groups in total. The van der Waals surface area contributed by atoms with Gasteiger partial charge in [0.2, 0.25) is 5.91 Å². The molecule has 0 radical (unpaired) electrons. The molecule has 0 bridgehead atoms. The summed E-state index contributed by atoms with van der Waals surface area (Å²) in [4.78, 5) is 23.8. The van der Waals surface area contributed by atoms with Crippen LogP contribution in [0.25, 0.3) is 0 Å². The van der Waals surface area contributed by atoms with Crippen molar-refractivity contribution in [3.8, 4) is 0 Å². The Labute approximate surface area is 137 Å². The van der Waals surface area contributed by atoms with Gasteiger partial charge in [-0.25, -0.2) is 4.79 Å². The van der Waals surface area contributed by atoms with Crippen molar-refractivity contribution in [3.63, 3.8) is 0 Å². The maximum atomic E-state index is 12.4. The molecule has 2 rings (SSSR count). The molecule has 126 valence electrons. The fraction of sp³-hybridized carbons (Fsp3) is 0.556. The van der Waals surface area contributed by atoms with Gasteiger partial charge >= 0.3 is 5.97 Å². The van der Waals surface area contributed by atoms with Crippen LogP contribution in [0.15, 0.2) is 30.3 Å². The normalized spacial score (nSPS) is 17.6. The third kappa shape index (κ3) is 5.36. The Morgan fingerprint density at radius 3 is 2.48 bits per heavy atom. The van der Waals surface area contributed by atoms with E-state index in [4.69, 9.17) is 4.74 Å². The highest BCUT2D eigenvalue weighted by molar-refractivity contribution is 5.86. The standard InChI is InChI=1S/C18H25NO4/c1-2-16(23-14-10-6-7-11-14)17(20)19-15(18(21)22)12-13-8-4-3-5-9-13/h3-5,8-9,14-16H,2,6-7,10-12H2,1H3,(H,19,20)(H,21,22). The van der Waals surface area contributed by atoms with Crippen molar-refractivity contribution in [2.45, 2.75) is 63.7 Å². The maximum absolute atomic E-state index is 12.4. The van der Waals surface area contributed by atoms with E-state index >= 15 is 0 Å². The van der Waals surface area contributed by atoms with Crippen molar-refractivity contribution in [2.24, 2.45) is 0 Å². The number of benzene rings is 1. The van der Waals surface area contributed by atoms with Gasteiger partial charge in [-0.2, -0.15) is 0 Å². The lowest BCUT2D eigenvalue weighted by Crippen LogP contribution is -2.47. The van der Waals surface area contributed by atoms with Gasteiger partial charge in [0.25, 0.3) is 0 Å². The summed E-state index contributed by atoms with van der Waals surface area (Å²) in [7, 11) is 0. The van der Waals surface area contributed by atoms with Crippen molar-refractivity contribution in [1.82, 2.24) is 5.32 Å². The Morgan fingerprint density at radius 1 is 1.26 bits per heavy atom. The Kier molecular flexibility index (Phi) is 6.59. The zero-order valence-corrected chi connectivity index (χ0v) is 13.5. The van der Waals surface area contributed by atoms with Crippen molar-refractivity contribution in [2.75, 3.05) is 0 Å². The molecule has 2 unspecified atom stereocenters. The summed E-state index contributed by atoms with van der Waals surface area (Å²) in [6, 6.07) is 8.36. The van der Waals surface area contributed by atoms with E-state index in [-0.39, 0.29) is 18.4 Å². The number of rotatable bonds is 8. The molecular weight excluding hydrogens is 294 g/mol. The second kappa shape index (κ2) is 8.67. The van der Waals surface area contributed by atoms with Gasteiger partial charge in [-0.3, -0.25) is 4.79 Å². The number of amides is 1. The van der Waals surface area contributed by atoms with Gasteiger partial charge < -0.3 is 15.2 Å². The van der Waals surface area contributed by atoms with Gasteiger partial charge in [0.1, 0.15) is 12.1 Å². The number of carbonyl (C=O) groups is 2. The number of nitrogens with one attached hydrogen (secondary N) is 1. The van der Waals surface area contributed by atoms with E-state index in [1.807, 2.05) is 37.3 Å². The Balaban J connectivity index is 1.94. The molecule has 5 heteroatoms. The molecule has 1 aliphatic rings. The van der Waals surface area contributed by atoms with Gasteiger partial charge in [0.15, 0.2) is 0 Å². The van der Waals surface area contributed by atoms with Crippen LogP contribution in [-0.4, -0.2) is 35.2 Å². The second-order valence-electron chi connectivity index (χ2n) is 6.03. The third-order valence-corrected chi connectivity index (χ3v) is 4.22. The van der Waals surface area contributed by atoms with Crippen LogP contribution in [0.1, 0.15) is 44.6 Å². The quantitative estimate of drug-likeness (QED) is 0.772. The number of hydrogen-bond donors (Lipinski definition) is 2. The van der Waals surface area contributed by atoms with Crippen LogP contribution in [0.3, 0.4) is 0 Å². The van der Waals surface area contributed by atoms with E-state index in [0.29, 0.717) is 6.42 Å². The topological polar surface area (TPSA) is 75.6 Å². The zero-order valence-electron chi connectivity index (χ0n) is 13.5. The molecule has 1 amide bonds. The summed E-state index contributed by atoms with van der Waals surface area (Å²) in [5.41, 5.74) is 0.880. The summed E-state index contributed by atoms with van der Waals surface area (Å²) in [5.74, 6) is -1.36. The molecular formula is C18H25NO4. The minimum atomic E-state index is -1.03. The highest BCUT2D eigenvalue weighted by Gasteiger charge is 2.28. The largest absolute Gasteiger partial charge is 0.480 e. The van der Waals surface area contributed by atoms with Gasteiger partial charge in [0, 0.05) is 6.42 Å². The van der Waals surface area contributed by atoms with Crippen molar-refractivity contribution in [3.05, 3.63) is 35.9 Å². The van der Waals surface area contributed by atoms with Crippen LogP contribution in [0.2, 0.25) is 0 Å². The average Bonchev–Trinajstić information content (AvgIpc) is 3.05. The highest BCUT2D eigenvalue weighted by atomic mass is 16.5. The molecule has 2 atom stereocenters. The summed E-state index contributed by atoms with van der Waals surface area (Å²) >= 11 is 0. The molecule has 0 heterocycles. The smallest absolute Gasteiger partial charge is 0.326 e. The Bertz CT molecular complexity index is 511. The van der Waals surface area contributed by atoms with E-state index in [1.165, 1.54) is 0 Å². The van der Waals surface area contributed by atoms with Gasteiger partial charge in [0.05, 0.1) is 6.10 Å². The first-order chi connectivity index (χ1) is 11.1. The van der Waals surface area contributed by atoms with Crippen molar-refractivity contribution >= 4 is 11.9 Å². The molecule has 0 aromatic heterocycles. The van der Waals surface area contributed by atoms with Crippen LogP contribution in [0.4, 0.5) is 0 Å². The van der Waals surface area contributed by atoms with Crippen LogP contribution < -0.4 is 5.32 Å². The van der Waals surface area contributed by atoms with Crippen molar-refractivity contribution < 1.29 is 19.4 Å². The first kappa shape index (κ1) is 17.5. The average molecular weight is 319 g/mol. The summed E-state index contributed by atoms with van der Waals surface area (Å²) < 4.78 is 5.85. The van der Waals surface area contributed by atoms with E-state index in [9.17, 15) is 14.7 Å². The van der Waals surface area contributed by atoms with E-state index in [2.05, 4.69) is 5.32 Å². The Morgan fingerprint density at radius 2 is 1.91 bits per heavy atom. The SMILES string of the molecule is CCC(OC1CCCC1)C(=O)NC(Cc1ccccc1)C(=O)O. The molecule has 1 fully saturated rings. The van der Waals surface area contributed by atoms with Gasteiger partial charge in [-0.15, -0.1) is 0 Å². The molecule has 5 nitrogen and oxygen atoms in total. The lowest BCUT2D eigenvalue weighted by atomic mass is 10.1. The summed E-state index contributed by atoms with van der Waals surface area (Å²) in [5, 5.41) is 12.0. The van der Waals surface area contributed by atoms with Crippen LogP contribution in [0, 0.1) is 0 Å². The maximum Gasteiger partial charge on any atom is 0.326 e. The first-order valence-corrected chi connectivity index (χ1v) is 8.32. The molecule has 23 heavy (non-hydrogen) atoms. The molecule has 1 aliphatic carbocycles. The molecule has 1 aromatic carbocycles. The highest BCUT2D eigenvalue weighted by Crippen LogP contribution is 2.23. The van der Waals surface area contributed by atoms with Crippen LogP contribution in [-0.2, 0) is 20.7 Å². The molecule has 0 spiro atoms. The molecule has 0 aliphatic heterocycles. The minimum Gasteiger partial charge on any atom is -0.480 e. The fourth-order valence-corrected chi connectivity index (χ4v) is 2.91. The monoisotopic (exact) mass is 319 g/mol. The Hall–Kier alpha value is -1.88. The second-order valence-corrected chi connectivity index (χ2v) is 6.03. The van der Waals surface area contributed by atoms with Crippen molar-refractivity contribution in [1.29, 1.82) is 0 Å². The third-order valence-electron chi connectivity index (χ3n) is 4.22. The zero-order chi connectivity index (χ0) is 16.7. The molecule has 1 saturated carbocycles. The molecule has 0 saturated heterocycles. The van der Waals surface area contributed by atoms with Gasteiger partial charge in [-0.1, -0.05) is 50.1 Å². The lowest BCUT2D eigenvalue weighted by Gasteiger charge is -2.22. The van der Waals surface area contributed by atoms with E-state index < -0.39 is 18.1 Å². The fourth-order valence-electron chi connectivity index (χ4n) is 2.91. The predicted octanol–water partition coefficient (Wildman–Crippen LogP) is 2.54. The number of carbonyl (C=O) groups excluding carboxylic acids is 1. The predicted molar refractivity (Wildman–Crippen MR) is 87.1 cm³/mol. The number of hydrogen-bond acceptors (Lipinski definition) is 3. The van der Waals surface area contributed by atoms with E-state index in [1.54, 1.807) is 0 Å². The summed E-state index contributed by atoms with van der Waals surface area (Å²) in [6.45, 7) is 1.88. The van der Waals surface area contributed by atoms with Crippen LogP contribution in [0.5, 0.6) is 0 Å². The van der Waals surface area contributed by atoms with Crippen LogP contribution >= 0.6 is 0 Å². The minimum absolute atomic E-state index is 0.128. The number of ether oxygens (including phenoxy) is 1.